The number of hydrogen-bond acceptors (Lipinski definition) is 6. The molecule has 4 aromatic rings. The zero-order valence-corrected chi connectivity index (χ0v) is 19.5. The molecule has 0 saturated heterocycles. The molecule has 0 fully saturated rings. The topological polar surface area (TPSA) is 77.0 Å². The third-order valence-corrected chi connectivity index (χ3v) is 5.87. The second-order valence-electron chi connectivity index (χ2n) is 7.56. The number of nitrogens with one attached hydrogen (secondary N) is 1. The first-order valence-electron chi connectivity index (χ1n) is 10.5. The van der Waals surface area contributed by atoms with E-state index in [9.17, 15) is 4.79 Å². The molecule has 3 aromatic carbocycles. The van der Waals surface area contributed by atoms with E-state index in [2.05, 4.69) is 15.5 Å². The van der Waals surface area contributed by atoms with Gasteiger partial charge in [0.25, 0.3) is 0 Å². The number of benzene rings is 3. The standard InChI is InChI=1S/C26H24N4O2S/c1-17-8-12-19(13-9-17)24-25(20-14-10-18(2)11-15-20)29-30-26(28-24)33-16-23(31)27-21-6-4-5-7-22(21)32-3/h4-15H,16H2,1-3H3,(H,27,31). The summed E-state index contributed by atoms with van der Waals surface area (Å²) < 4.78 is 5.29. The van der Waals surface area contributed by atoms with Crippen LogP contribution >= 0.6 is 11.8 Å². The van der Waals surface area contributed by atoms with Crippen molar-refractivity contribution >= 4 is 23.4 Å². The number of hydrogen-bond donors (Lipinski definition) is 1. The van der Waals surface area contributed by atoms with Crippen LogP contribution in [0.25, 0.3) is 22.5 Å². The second kappa shape index (κ2) is 10.3. The molecule has 0 atom stereocenters. The summed E-state index contributed by atoms with van der Waals surface area (Å²) in [5.74, 6) is 0.585. The number of ether oxygens (including phenoxy) is 1. The summed E-state index contributed by atoms with van der Waals surface area (Å²) in [6.07, 6.45) is 0. The van der Waals surface area contributed by atoms with Crippen LogP contribution in [0.15, 0.2) is 78.0 Å². The van der Waals surface area contributed by atoms with E-state index in [0.29, 0.717) is 22.3 Å². The number of aromatic nitrogens is 3. The van der Waals surface area contributed by atoms with Crippen LogP contribution in [0, 0.1) is 13.8 Å². The van der Waals surface area contributed by atoms with Crippen molar-refractivity contribution in [3.05, 3.63) is 83.9 Å². The number of thioether (sulfide) groups is 1. The molecule has 1 aromatic heterocycles. The predicted octanol–water partition coefficient (Wildman–Crippen LogP) is 5.56. The zero-order chi connectivity index (χ0) is 23.2. The molecule has 0 aliphatic carbocycles. The Morgan fingerprint density at radius 1 is 0.848 bits per heavy atom. The quantitative estimate of drug-likeness (QED) is 0.367. The third kappa shape index (κ3) is 5.56. The summed E-state index contributed by atoms with van der Waals surface area (Å²) in [5.41, 5.74) is 6.31. The van der Waals surface area contributed by atoms with Gasteiger partial charge in [0, 0.05) is 11.1 Å². The fraction of sp³-hybridized carbons (Fsp3) is 0.154. The minimum Gasteiger partial charge on any atom is -0.495 e. The molecule has 0 aliphatic rings. The van der Waals surface area contributed by atoms with Gasteiger partial charge in [-0.2, -0.15) is 0 Å². The van der Waals surface area contributed by atoms with Crippen molar-refractivity contribution in [2.45, 2.75) is 19.0 Å². The van der Waals surface area contributed by atoms with Gasteiger partial charge < -0.3 is 10.1 Å². The Balaban J connectivity index is 1.57. The van der Waals surface area contributed by atoms with Gasteiger partial charge in [-0.25, -0.2) is 4.98 Å². The molecule has 166 valence electrons. The molecule has 0 radical (unpaired) electrons. The Morgan fingerprint density at radius 2 is 1.45 bits per heavy atom. The number of rotatable bonds is 7. The third-order valence-electron chi connectivity index (χ3n) is 5.03. The van der Waals surface area contributed by atoms with Gasteiger partial charge in [0.05, 0.1) is 18.6 Å². The lowest BCUT2D eigenvalue weighted by atomic mass is 10.0. The number of carbonyl (C=O) groups is 1. The lowest BCUT2D eigenvalue weighted by molar-refractivity contribution is -0.113. The van der Waals surface area contributed by atoms with Crippen LogP contribution in [0.1, 0.15) is 11.1 Å². The summed E-state index contributed by atoms with van der Waals surface area (Å²) in [4.78, 5) is 17.3. The first kappa shape index (κ1) is 22.5. The lowest BCUT2D eigenvalue weighted by Gasteiger charge is -2.11. The van der Waals surface area contributed by atoms with E-state index in [1.807, 2.05) is 74.5 Å². The number of anilines is 1. The number of amides is 1. The first-order chi connectivity index (χ1) is 16.0. The van der Waals surface area contributed by atoms with Gasteiger partial charge in [-0.3, -0.25) is 4.79 Å². The van der Waals surface area contributed by atoms with Crippen molar-refractivity contribution in [3.63, 3.8) is 0 Å². The van der Waals surface area contributed by atoms with Crippen molar-refractivity contribution in [3.8, 4) is 28.3 Å². The minimum atomic E-state index is -0.174. The van der Waals surface area contributed by atoms with E-state index in [1.54, 1.807) is 19.2 Å². The largest absolute Gasteiger partial charge is 0.495 e. The van der Waals surface area contributed by atoms with E-state index in [4.69, 9.17) is 9.72 Å². The van der Waals surface area contributed by atoms with Crippen molar-refractivity contribution in [2.75, 3.05) is 18.2 Å². The molecule has 0 spiro atoms. The Morgan fingerprint density at radius 3 is 2.09 bits per heavy atom. The molecule has 33 heavy (non-hydrogen) atoms. The van der Waals surface area contributed by atoms with Crippen LogP contribution in [0.2, 0.25) is 0 Å². The van der Waals surface area contributed by atoms with Crippen molar-refractivity contribution < 1.29 is 9.53 Å². The van der Waals surface area contributed by atoms with Gasteiger partial charge in [0.15, 0.2) is 0 Å². The van der Waals surface area contributed by atoms with Crippen LogP contribution in [0.4, 0.5) is 5.69 Å². The van der Waals surface area contributed by atoms with Gasteiger partial charge in [0.1, 0.15) is 17.1 Å². The monoisotopic (exact) mass is 456 g/mol. The Labute approximate surface area is 197 Å². The molecule has 1 amide bonds. The number of aryl methyl sites for hydroxylation is 2. The molecule has 0 bridgehead atoms. The van der Waals surface area contributed by atoms with Gasteiger partial charge in [-0.1, -0.05) is 83.6 Å². The van der Waals surface area contributed by atoms with Gasteiger partial charge in [0.2, 0.25) is 11.1 Å². The van der Waals surface area contributed by atoms with Gasteiger partial charge in [-0.15, -0.1) is 10.2 Å². The normalized spacial score (nSPS) is 10.6. The number of nitrogens with zero attached hydrogens (tertiary/aromatic N) is 3. The maximum absolute atomic E-state index is 12.5. The second-order valence-corrected chi connectivity index (χ2v) is 8.50. The van der Waals surface area contributed by atoms with Crippen LogP contribution in [0.5, 0.6) is 5.75 Å². The highest BCUT2D eigenvalue weighted by molar-refractivity contribution is 7.99. The van der Waals surface area contributed by atoms with E-state index < -0.39 is 0 Å². The van der Waals surface area contributed by atoms with Gasteiger partial charge in [-0.05, 0) is 26.0 Å². The van der Waals surface area contributed by atoms with Crippen molar-refractivity contribution in [1.29, 1.82) is 0 Å². The summed E-state index contributed by atoms with van der Waals surface area (Å²) >= 11 is 1.24. The molecule has 0 saturated carbocycles. The maximum atomic E-state index is 12.5. The first-order valence-corrected chi connectivity index (χ1v) is 11.5. The van der Waals surface area contributed by atoms with E-state index in [1.165, 1.54) is 22.9 Å². The van der Waals surface area contributed by atoms with Crippen LogP contribution in [-0.2, 0) is 4.79 Å². The summed E-state index contributed by atoms with van der Waals surface area (Å²) in [7, 11) is 1.57. The molecule has 1 heterocycles. The van der Waals surface area contributed by atoms with Crippen LogP contribution < -0.4 is 10.1 Å². The molecule has 0 unspecified atom stereocenters. The smallest absolute Gasteiger partial charge is 0.234 e. The highest BCUT2D eigenvalue weighted by atomic mass is 32.2. The minimum absolute atomic E-state index is 0.150. The summed E-state index contributed by atoms with van der Waals surface area (Å²) in [5, 5.41) is 12.1. The SMILES string of the molecule is COc1ccccc1NC(=O)CSc1nnc(-c2ccc(C)cc2)c(-c2ccc(C)cc2)n1. The van der Waals surface area contributed by atoms with Crippen LogP contribution in [0.3, 0.4) is 0 Å². The van der Waals surface area contributed by atoms with E-state index in [0.717, 1.165) is 16.8 Å². The molecule has 1 N–H and O–H groups in total. The fourth-order valence-electron chi connectivity index (χ4n) is 3.26. The Bertz CT molecular complexity index is 1260. The average Bonchev–Trinajstić information content (AvgIpc) is 2.84. The molecule has 0 aliphatic heterocycles. The predicted molar refractivity (Wildman–Crippen MR) is 133 cm³/mol. The van der Waals surface area contributed by atoms with Crippen molar-refractivity contribution in [2.24, 2.45) is 0 Å². The highest BCUT2D eigenvalue weighted by Crippen LogP contribution is 2.30. The van der Waals surface area contributed by atoms with E-state index in [-0.39, 0.29) is 11.7 Å². The summed E-state index contributed by atoms with van der Waals surface area (Å²) in [6, 6.07) is 23.6. The van der Waals surface area contributed by atoms with Crippen LogP contribution in [-0.4, -0.2) is 34.0 Å². The molecular weight excluding hydrogens is 432 g/mol. The molecular formula is C26H24N4O2S. The van der Waals surface area contributed by atoms with Gasteiger partial charge >= 0.3 is 0 Å². The fourth-order valence-corrected chi connectivity index (χ4v) is 3.84. The average molecular weight is 457 g/mol. The number of para-hydroxylation sites is 2. The molecule has 4 rings (SSSR count). The summed E-state index contributed by atoms with van der Waals surface area (Å²) in [6.45, 7) is 4.09. The number of carbonyl (C=O) groups excluding carboxylic acids is 1. The number of methoxy groups -OCH3 is 1. The molecule has 6 nitrogen and oxygen atoms in total. The Kier molecular flexibility index (Phi) is 7.00. The highest BCUT2D eigenvalue weighted by Gasteiger charge is 2.15. The van der Waals surface area contributed by atoms with Crippen molar-refractivity contribution in [1.82, 2.24) is 15.2 Å². The Hall–Kier alpha value is -3.71. The zero-order valence-electron chi connectivity index (χ0n) is 18.7. The maximum Gasteiger partial charge on any atom is 0.234 e. The van der Waals surface area contributed by atoms with E-state index >= 15 is 0 Å². The lowest BCUT2D eigenvalue weighted by Crippen LogP contribution is -2.15. The molecule has 7 heteroatoms.